The van der Waals surface area contributed by atoms with E-state index in [1.165, 1.54) is 0 Å². The number of imide groups is 1. The van der Waals surface area contributed by atoms with E-state index < -0.39 is 29.0 Å². The molecule has 41 heavy (non-hydrogen) atoms. The van der Waals surface area contributed by atoms with E-state index in [1.807, 2.05) is 39.0 Å². The molecule has 2 aromatic rings. The second kappa shape index (κ2) is 12.7. The molecule has 0 atom stereocenters. The smallest absolute Gasteiger partial charge is 0.425 e. The van der Waals surface area contributed by atoms with Gasteiger partial charge in [0.05, 0.1) is 0 Å². The minimum Gasteiger partial charge on any atom is -0.460 e. The van der Waals surface area contributed by atoms with Gasteiger partial charge in [0.2, 0.25) is 0 Å². The van der Waals surface area contributed by atoms with Crippen LogP contribution in [0.25, 0.3) is 10.8 Å². The molecule has 0 radical (unpaired) electrons. The summed E-state index contributed by atoms with van der Waals surface area (Å²) in [5.41, 5.74) is -1.03. The van der Waals surface area contributed by atoms with Crippen LogP contribution in [0.5, 0.6) is 0 Å². The molecule has 0 aliphatic carbocycles. The van der Waals surface area contributed by atoms with Gasteiger partial charge in [-0.15, -0.1) is 0 Å². The summed E-state index contributed by atoms with van der Waals surface area (Å²) in [4.78, 5) is 46.4. The Labute approximate surface area is 252 Å². The second-order valence-electron chi connectivity index (χ2n) is 13.6. The molecule has 0 unspecified atom stereocenters. The van der Waals surface area contributed by atoms with Crippen LogP contribution in [0, 0.1) is 5.92 Å². The molecule has 1 aromatic heterocycles. The molecule has 226 valence electrons. The number of anilines is 1. The molecule has 0 bridgehead atoms. The number of likely N-dealkylation sites (tertiary alicyclic amines) is 1. The lowest BCUT2D eigenvalue weighted by molar-refractivity contribution is -0.156. The monoisotopic (exact) mass is 633 g/mol. The van der Waals surface area contributed by atoms with Gasteiger partial charge in [-0.2, -0.15) is 4.90 Å². The van der Waals surface area contributed by atoms with Gasteiger partial charge in [-0.25, -0.2) is 14.6 Å². The maximum Gasteiger partial charge on any atom is 0.425 e. The van der Waals surface area contributed by atoms with Gasteiger partial charge < -0.3 is 14.2 Å². The van der Waals surface area contributed by atoms with Crippen LogP contribution >= 0.6 is 15.9 Å². The molecule has 1 saturated heterocycles. The van der Waals surface area contributed by atoms with Crippen LogP contribution < -0.4 is 4.90 Å². The van der Waals surface area contributed by atoms with Crippen molar-refractivity contribution in [1.29, 1.82) is 0 Å². The number of pyridine rings is 1. The zero-order chi connectivity index (χ0) is 30.8. The Bertz CT molecular complexity index is 1240. The normalized spacial score (nSPS) is 15.5. The molecule has 2 heterocycles. The van der Waals surface area contributed by atoms with E-state index in [1.54, 1.807) is 47.7 Å². The van der Waals surface area contributed by atoms with Crippen molar-refractivity contribution < 1.29 is 28.6 Å². The topological polar surface area (TPSA) is 98.3 Å². The molecule has 2 amide bonds. The Morgan fingerprint density at radius 2 is 1.41 bits per heavy atom. The van der Waals surface area contributed by atoms with E-state index in [0.29, 0.717) is 17.7 Å². The van der Waals surface area contributed by atoms with Crippen molar-refractivity contribution >= 4 is 50.7 Å². The number of aromatic nitrogens is 1. The zero-order valence-electron chi connectivity index (χ0n) is 25.8. The summed E-state index contributed by atoms with van der Waals surface area (Å²) >= 11 is 3.59. The maximum absolute atomic E-state index is 13.2. The van der Waals surface area contributed by atoms with Gasteiger partial charge >= 0.3 is 18.2 Å². The summed E-state index contributed by atoms with van der Waals surface area (Å²) in [7, 11) is 0. The van der Waals surface area contributed by atoms with Gasteiger partial charge in [-0.1, -0.05) is 12.1 Å². The highest BCUT2D eigenvalue weighted by atomic mass is 79.9. The van der Waals surface area contributed by atoms with E-state index >= 15 is 0 Å². The predicted molar refractivity (Wildman–Crippen MR) is 163 cm³/mol. The first-order valence-electron chi connectivity index (χ1n) is 14.1. The van der Waals surface area contributed by atoms with Gasteiger partial charge in [0.15, 0.2) is 5.82 Å². The predicted octanol–water partition coefficient (Wildman–Crippen LogP) is 7.62. The molecule has 1 aliphatic heterocycles. The van der Waals surface area contributed by atoms with Gasteiger partial charge in [0.1, 0.15) is 16.8 Å². The van der Waals surface area contributed by atoms with Gasteiger partial charge in [-0.3, -0.25) is 9.69 Å². The zero-order valence-corrected chi connectivity index (χ0v) is 27.4. The van der Waals surface area contributed by atoms with Crippen molar-refractivity contribution in [3.63, 3.8) is 0 Å². The van der Waals surface area contributed by atoms with E-state index in [-0.39, 0.29) is 11.8 Å². The largest absolute Gasteiger partial charge is 0.460 e. The number of rotatable bonds is 5. The summed E-state index contributed by atoms with van der Waals surface area (Å²) in [6.07, 6.45) is 2.18. The number of halogens is 1. The lowest BCUT2D eigenvalue weighted by Crippen LogP contribution is -2.44. The first-order valence-corrected chi connectivity index (χ1v) is 14.9. The third kappa shape index (κ3) is 9.95. The Hall–Kier alpha value is -2.72. The number of esters is 1. The molecule has 9 nitrogen and oxygen atoms in total. The van der Waals surface area contributed by atoms with Crippen molar-refractivity contribution in [2.45, 2.75) is 105 Å². The highest BCUT2D eigenvalue weighted by Crippen LogP contribution is 2.33. The number of benzene rings is 1. The van der Waals surface area contributed by atoms with Crippen molar-refractivity contribution in [3.8, 4) is 0 Å². The van der Waals surface area contributed by atoms with Gasteiger partial charge in [0, 0.05) is 34.4 Å². The number of hydrogen-bond donors (Lipinski definition) is 0. The highest BCUT2D eigenvalue weighted by molar-refractivity contribution is 9.10. The van der Waals surface area contributed by atoms with Crippen LogP contribution in [0.4, 0.5) is 15.4 Å². The standard InChI is InChI=1S/C31H44BrN3O6/c1-29(2,3)39-25(36)17-20-12-14-34(15-13-20)19-21-10-11-22-23(16-21)24(32)18-33-26(22)35(27(37)40-30(4,5)6)28(38)41-31(7,8)9/h10-11,16,18,20H,12-15,17,19H2,1-9H3. The number of fused-ring (bicyclic) bond motifs is 1. The number of nitrogens with zero attached hydrogens (tertiary/aromatic N) is 3. The summed E-state index contributed by atoms with van der Waals surface area (Å²) in [5.74, 6) is 0.333. The number of ether oxygens (including phenoxy) is 3. The van der Waals surface area contributed by atoms with Crippen LogP contribution in [0.2, 0.25) is 0 Å². The average Bonchev–Trinajstić information content (AvgIpc) is 2.78. The molecule has 0 saturated carbocycles. The Morgan fingerprint density at radius 1 is 0.878 bits per heavy atom. The Kier molecular flexibility index (Phi) is 10.1. The lowest BCUT2D eigenvalue weighted by Gasteiger charge is -2.32. The molecule has 1 aromatic carbocycles. The minimum absolute atomic E-state index is 0.133. The van der Waals surface area contributed by atoms with Crippen molar-refractivity contribution in [3.05, 3.63) is 34.4 Å². The number of amides is 2. The van der Waals surface area contributed by atoms with Gasteiger partial charge in [-0.05, 0) is 122 Å². The lowest BCUT2D eigenvalue weighted by atomic mass is 9.93. The molecule has 1 aliphatic rings. The third-order valence-corrected chi connectivity index (χ3v) is 6.87. The summed E-state index contributed by atoms with van der Waals surface area (Å²) < 4.78 is 17.3. The molecule has 0 spiro atoms. The van der Waals surface area contributed by atoms with Gasteiger partial charge in [0.25, 0.3) is 0 Å². The number of hydrogen-bond acceptors (Lipinski definition) is 8. The number of piperidine rings is 1. The van der Waals surface area contributed by atoms with Crippen LogP contribution in [-0.4, -0.2) is 57.9 Å². The third-order valence-electron chi connectivity index (χ3n) is 6.24. The summed E-state index contributed by atoms with van der Waals surface area (Å²) in [6.45, 7) is 18.6. The van der Waals surface area contributed by atoms with E-state index in [4.69, 9.17) is 14.2 Å². The molecule has 10 heteroatoms. The Balaban J connectivity index is 1.81. The van der Waals surface area contributed by atoms with E-state index in [0.717, 1.165) is 52.8 Å². The minimum atomic E-state index is -0.860. The SMILES string of the molecule is CC(C)(C)OC(=O)CC1CCN(Cc2ccc3c(N(C(=O)OC(C)(C)C)C(=O)OC(C)(C)C)ncc(Br)c3c2)CC1. The molecule has 0 N–H and O–H groups in total. The van der Waals surface area contributed by atoms with Crippen LogP contribution in [0.1, 0.15) is 87.1 Å². The van der Waals surface area contributed by atoms with Crippen molar-refractivity contribution in [2.75, 3.05) is 18.0 Å². The Morgan fingerprint density at radius 3 is 1.93 bits per heavy atom. The first-order chi connectivity index (χ1) is 18.8. The molecule has 1 fully saturated rings. The quantitative estimate of drug-likeness (QED) is 0.245. The fraction of sp³-hybridized carbons (Fsp3) is 0.613. The fourth-order valence-electron chi connectivity index (χ4n) is 4.61. The van der Waals surface area contributed by atoms with Crippen LogP contribution in [0.3, 0.4) is 0 Å². The average molecular weight is 635 g/mol. The van der Waals surface area contributed by atoms with E-state index in [2.05, 4.69) is 25.8 Å². The van der Waals surface area contributed by atoms with Crippen molar-refractivity contribution in [2.24, 2.45) is 5.92 Å². The number of carbonyl (C=O) groups is 3. The molecular formula is C31H44BrN3O6. The van der Waals surface area contributed by atoms with Crippen molar-refractivity contribution in [1.82, 2.24) is 9.88 Å². The molecule has 3 rings (SSSR count). The van der Waals surface area contributed by atoms with Crippen LogP contribution in [-0.2, 0) is 25.5 Å². The van der Waals surface area contributed by atoms with Crippen LogP contribution in [0.15, 0.2) is 28.9 Å². The second-order valence-corrected chi connectivity index (χ2v) is 14.5. The summed E-state index contributed by atoms with van der Waals surface area (Å²) in [6, 6.07) is 5.89. The highest BCUT2D eigenvalue weighted by Gasteiger charge is 2.35. The first kappa shape index (κ1) is 32.8. The fourth-order valence-corrected chi connectivity index (χ4v) is 5.04. The number of carbonyl (C=O) groups excluding carboxylic acids is 3. The maximum atomic E-state index is 13.2. The summed E-state index contributed by atoms with van der Waals surface area (Å²) in [5, 5.41) is 1.42. The van der Waals surface area contributed by atoms with E-state index in [9.17, 15) is 14.4 Å². The molecular weight excluding hydrogens is 590 g/mol.